The molecule has 1 aliphatic heterocycles. The number of carbonyl (C=O) groups excluding carboxylic acids is 3. The van der Waals surface area contributed by atoms with Crippen LogP contribution < -0.4 is 5.32 Å². The molecule has 0 atom stereocenters. The Morgan fingerprint density at radius 1 is 1.22 bits per heavy atom. The zero-order valence-corrected chi connectivity index (χ0v) is 15.7. The van der Waals surface area contributed by atoms with Crippen molar-refractivity contribution in [1.29, 1.82) is 0 Å². The summed E-state index contributed by atoms with van der Waals surface area (Å²) >= 11 is 0.820. The maximum Gasteiger partial charge on any atom is 0.294 e. The van der Waals surface area contributed by atoms with Crippen LogP contribution in [-0.2, 0) is 9.59 Å². The van der Waals surface area contributed by atoms with E-state index in [1.54, 1.807) is 49.6 Å². The lowest BCUT2D eigenvalue weighted by Gasteiger charge is -2.12. The Kier molecular flexibility index (Phi) is 5.61. The molecule has 1 aromatic heterocycles. The van der Waals surface area contributed by atoms with Crippen LogP contribution in [0.3, 0.4) is 0 Å². The van der Waals surface area contributed by atoms with Crippen LogP contribution in [0.2, 0.25) is 0 Å². The lowest BCUT2D eigenvalue weighted by molar-refractivity contribution is -0.127. The summed E-state index contributed by atoms with van der Waals surface area (Å²) in [4.78, 5) is 38.0. The first kappa shape index (κ1) is 18.7. The molecule has 3 amide bonds. The molecule has 3 rings (SSSR count). The van der Waals surface area contributed by atoms with Crippen LogP contribution in [0.25, 0.3) is 6.08 Å². The Labute approximate surface area is 160 Å². The molecule has 0 bridgehead atoms. The molecule has 138 valence electrons. The molecule has 1 N–H and O–H groups in total. The van der Waals surface area contributed by atoms with E-state index in [1.165, 1.54) is 0 Å². The predicted molar refractivity (Wildman–Crippen MR) is 105 cm³/mol. The number of hydrogen-bond donors (Lipinski definition) is 1. The smallest absolute Gasteiger partial charge is 0.294 e. The van der Waals surface area contributed by atoms with Crippen LogP contribution in [0.1, 0.15) is 18.2 Å². The number of carbonyl (C=O) groups is 3. The number of nitrogens with one attached hydrogen (secondary N) is 1. The Morgan fingerprint density at radius 2 is 1.96 bits per heavy atom. The van der Waals surface area contributed by atoms with Gasteiger partial charge in [0.1, 0.15) is 12.3 Å². The molecule has 0 unspecified atom stereocenters. The number of rotatable bonds is 5. The van der Waals surface area contributed by atoms with Gasteiger partial charge in [-0.05, 0) is 67.6 Å². The van der Waals surface area contributed by atoms with Crippen LogP contribution >= 0.6 is 11.8 Å². The van der Waals surface area contributed by atoms with Gasteiger partial charge < -0.3 is 9.73 Å². The summed E-state index contributed by atoms with van der Waals surface area (Å²) in [5, 5.41) is 2.22. The van der Waals surface area contributed by atoms with Crippen LogP contribution in [0.4, 0.5) is 10.5 Å². The average molecular weight is 382 g/mol. The third-order valence-electron chi connectivity index (χ3n) is 3.78. The van der Waals surface area contributed by atoms with Gasteiger partial charge in [0.05, 0.1) is 11.2 Å². The summed E-state index contributed by atoms with van der Waals surface area (Å²) < 4.78 is 5.23. The third-order valence-corrected chi connectivity index (χ3v) is 4.69. The molecule has 0 aliphatic carbocycles. The first-order valence-electron chi connectivity index (χ1n) is 8.26. The minimum atomic E-state index is -0.476. The van der Waals surface area contributed by atoms with E-state index in [0.29, 0.717) is 11.4 Å². The highest BCUT2D eigenvalue weighted by Crippen LogP contribution is 2.31. The van der Waals surface area contributed by atoms with Crippen molar-refractivity contribution in [2.24, 2.45) is 0 Å². The Morgan fingerprint density at radius 3 is 2.63 bits per heavy atom. The summed E-state index contributed by atoms with van der Waals surface area (Å²) in [7, 11) is 0. The quantitative estimate of drug-likeness (QED) is 0.784. The van der Waals surface area contributed by atoms with Gasteiger partial charge in [0.2, 0.25) is 5.91 Å². The van der Waals surface area contributed by atoms with Crippen LogP contribution in [0.5, 0.6) is 0 Å². The summed E-state index contributed by atoms with van der Waals surface area (Å²) in [6.07, 6.45) is 4.93. The molecule has 2 heterocycles. The van der Waals surface area contributed by atoms with E-state index < -0.39 is 17.1 Å². The molecule has 1 aromatic carbocycles. The summed E-state index contributed by atoms with van der Waals surface area (Å²) in [6.45, 7) is 3.43. The summed E-state index contributed by atoms with van der Waals surface area (Å²) in [5.74, 6) is -0.248. The highest BCUT2D eigenvalue weighted by atomic mass is 32.2. The Hall–Kier alpha value is -3.06. The molecule has 6 nitrogen and oxygen atoms in total. The fraction of sp³-hybridized carbons (Fsp3) is 0.150. The van der Waals surface area contributed by atoms with E-state index in [-0.39, 0.29) is 11.4 Å². The third kappa shape index (κ3) is 4.77. The van der Waals surface area contributed by atoms with Crippen molar-refractivity contribution in [1.82, 2.24) is 4.90 Å². The Balaban J connectivity index is 1.66. The number of nitrogens with zero attached hydrogens (tertiary/aromatic N) is 1. The molecule has 1 aliphatic rings. The molecule has 0 saturated carbocycles. The van der Waals surface area contributed by atoms with Gasteiger partial charge in [-0.15, -0.1) is 0 Å². The molecule has 7 heteroatoms. The van der Waals surface area contributed by atoms with Gasteiger partial charge >= 0.3 is 0 Å². The second-order valence-corrected chi connectivity index (χ2v) is 7.08. The normalized spacial score (nSPS) is 16.3. The number of hydrogen-bond acceptors (Lipinski definition) is 5. The fourth-order valence-electron chi connectivity index (χ4n) is 2.46. The number of furan rings is 1. The van der Waals surface area contributed by atoms with Crippen molar-refractivity contribution in [3.05, 3.63) is 70.5 Å². The minimum absolute atomic E-state index is 0.281. The number of amides is 3. The van der Waals surface area contributed by atoms with Crippen molar-refractivity contribution < 1.29 is 18.8 Å². The number of thioether (sulfide) groups is 1. The molecule has 27 heavy (non-hydrogen) atoms. The predicted octanol–water partition coefficient (Wildman–Crippen LogP) is 4.21. The van der Waals surface area contributed by atoms with Crippen molar-refractivity contribution in [3.63, 3.8) is 0 Å². The van der Waals surface area contributed by atoms with Crippen molar-refractivity contribution >= 4 is 40.6 Å². The van der Waals surface area contributed by atoms with Crippen molar-refractivity contribution in [2.45, 2.75) is 13.8 Å². The lowest BCUT2D eigenvalue weighted by atomic mass is 10.2. The van der Waals surface area contributed by atoms with Crippen molar-refractivity contribution in [3.8, 4) is 0 Å². The number of benzene rings is 1. The molecule has 2 aromatic rings. The SMILES string of the molecule is CC(=C\c1ccco1)/C=C1/SC(=O)N(CC(=O)Nc2ccc(C)cc2)C1=O. The van der Waals surface area contributed by atoms with E-state index in [4.69, 9.17) is 4.42 Å². The average Bonchev–Trinajstić information content (AvgIpc) is 3.21. The maximum absolute atomic E-state index is 12.5. The van der Waals surface area contributed by atoms with Crippen LogP contribution in [-0.4, -0.2) is 28.5 Å². The summed E-state index contributed by atoms with van der Waals surface area (Å²) in [6, 6.07) is 10.8. The molecule has 1 fully saturated rings. The second-order valence-electron chi connectivity index (χ2n) is 6.09. The standard InChI is InChI=1S/C20H18N2O4S/c1-13-5-7-15(8-6-13)21-18(23)12-22-19(24)17(27-20(22)25)11-14(2)10-16-4-3-9-26-16/h3-11H,12H2,1-2H3,(H,21,23)/b14-10+,17-11+. The molecule has 1 saturated heterocycles. The van der Waals surface area contributed by atoms with E-state index in [1.807, 2.05) is 19.1 Å². The minimum Gasteiger partial charge on any atom is -0.465 e. The van der Waals surface area contributed by atoms with E-state index >= 15 is 0 Å². The molecular weight excluding hydrogens is 364 g/mol. The molecule has 0 spiro atoms. The van der Waals surface area contributed by atoms with Crippen molar-refractivity contribution in [2.75, 3.05) is 11.9 Å². The van der Waals surface area contributed by atoms with Gasteiger partial charge in [0.25, 0.3) is 11.1 Å². The monoisotopic (exact) mass is 382 g/mol. The van der Waals surface area contributed by atoms with E-state index in [2.05, 4.69) is 5.32 Å². The number of aryl methyl sites for hydroxylation is 1. The van der Waals surface area contributed by atoms with Crippen LogP contribution in [0, 0.1) is 6.92 Å². The van der Waals surface area contributed by atoms with Gasteiger partial charge in [0, 0.05) is 5.69 Å². The highest BCUT2D eigenvalue weighted by molar-refractivity contribution is 8.18. The zero-order valence-electron chi connectivity index (χ0n) is 14.9. The van der Waals surface area contributed by atoms with E-state index in [9.17, 15) is 14.4 Å². The summed E-state index contributed by atoms with van der Waals surface area (Å²) in [5.41, 5.74) is 2.45. The van der Waals surface area contributed by atoms with Gasteiger partial charge in [-0.1, -0.05) is 17.7 Å². The first-order chi connectivity index (χ1) is 12.9. The topological polar surface area (TPSA) is 79.6 Å². The van der Waals surface area contributed by atoms with Gasteiger partial charge in [-0.3, -0.25) is 19.3 Å². The fourth-order valence-corrected chi connectivity index (χ4v) is 3.35. The van der Waals surface area contributed by atoms with Crippen LogP contribution in [0.15, 0.2) is 63.6 Å². The number of imide groups is 1. The Bertz CT molecular complexity index is 927. The lowest BCUT2D eigenvalue weighted by Crippen LogP contribution is -2.36. The molecule has 0 radical (unpaired) electrons. The maximum atomic E-state index is 12.5. The van der Waals surface area contributed by atoms with Gasteiger partial charge in [0.15, 0.2) is 0 Å². The van der Waals surface area contributed by atoms with Gasteiger partial charge in [-0.2, -0.15) is 0 Å². The molecular formula is C20H18N2O4S. The highest BCUT2D eigenvalue weighted by Gasteiger charge is 2.36. The number of allylic oxidation sites excluding steroid dienone is 2. The van der Waals surface area contributed by atoms with E-state index in [0.717, 1.165) is 27.8 Å². The largest absolute Gasteiger partial charge is 0.465 e. The number of anilines is 1. The zero-order chi connectivity index (χ0) is 19.4. The first-order valence-corrected chi connectivity index (χ1v) is 9.08. The second kappa shape index (κ2) is 8.09. The van der Waals surface area contributed by atoms with Gasteiger partial charge in [-0.25, -0.2) is 0 Å².